The number of hydrogen-bond acceptors (Lipinski definition) is 4. The molecule has 1 N–H and O–H groups in total. The Labute approximate surface area is 129 Å². The Hall–Kier alpha value is -1.08. The van der Waals surface area contributed by atoms with E-state index < -0.39 is 21.7 Å². The molecule has 0 bridgehead atoms. The first-order valence-corrected chi connectivity index (χ1v) is 9.08. The fourth-order valence-electron chi connectivity index (χ4n) is 2.85. The predicted molar refractivity (Wildman–Crippen MR) is 79.2 cm³/mol. The van der Waals surface area contributed by atoms with Crippen molar-refractivity contribution in [3.8, 4) is 0 Å². The van der Waals surface area contributed by atoms with Crippen molar-refractivity contribution in [1.82, 2.24) is 9.78 Å². The molecule has 2 heterocycles. The maximum atomic E-state index is 11.6. The Morgan fingerprint density at radius 2 is 2.24 bits per heavy atom. The van der Waals surface area contributed by atoms with E-state index in [1.807, 2.05) is 6.92 Å². The SMILES string of the molecule is CCc1nn(C)c(CC(C(=O)O)C2CCS(=O)(=O)C2)c1Cl. The summed E-state index contributed by atoms with van der Waals surface area (Å²) in [6.07, 6.45) is 1.27. The standard InChI is InChI=1S/C13H19ClN2O4S/c1-3-10-12(14)11(16(2)15-10)6-9(13(17)18)8-4-5-21(19,20)7-8/h8-9H,3-7H2,1-2H3,(H,17,18). The molecule has 1 aliphatic heterocycles. The zero-order chi connectivity index (χ0) is 15.8. The second-order valence-electron chi connectivity index (χ2n) is 5.50. The number of rotatable bonds is 5. The first-order valence-electron chi connectivity index (χ1n) is 6.88. The van der Waals surface area contributed by atoms with E-state index in [0.717, 1.165) is 5.69 Å². The van der Waals surface area contributed by atoms with Crippen LogP contribution in [0.15, 0.2) is 0 Å². The molecule has 1 fully saturated rings. The van der Waals surface area contributed by atoms with Crippen LogP contribution in [-0.4, -0.2) is 40.8 Å². The van der Waals surface area contributed by atoms with Crippen molar-refractivity contribution in [2.75, 3.05) is 11.5 Å². The Morgan fingerprint density at radius 3 is 2.67 bits per heavy atom. The number of aliphatic carboxylic acids is 1. The van der Waals surface area contributed by atoms with Crippen molar-refractivity contribution < 1.29 is 18.3 Å². The molecule has 0 aromatic carbocycles. The maximum Gasteiger partial charge on any atom is 0.307 e. The van der Waals surface area contributed by atoms with Crippen LogP contribution < -0.4 is 0 Å². The Balaban J connectivity index is 2.26. The number of carbonyl (C=O) groups is 1. The van der Waals surface area contributed by atoms with Crippen LogP contribution in [0.5, 0.6) is 0 Å². The van der Waals surface area contributed by atoms with Gasteiger partial charge in [-0.15, -0.1) is 0 Å². The molecule has 1 aliphatic rings. The molecule has 0 aliphatic carbocycles. The normalized spacial score (nSPS) is 22.3. The number of hydrogen-bond donors (Lipinski definition) is 1. The van der Waals surface area contributed by atoms with Gasteiger partial charge in [0.2, 0.25) is 0 Å². The lowest BCUT2D eigenvalue weighted by Gasteiger charge is -2.18. The minimum absolute atomic E-state index is 0.0555. The molecule has 0 radical (unpaired) electrons. The number of halogens is 1. The van der Waals surface area contributed by atoms with Gasteiger partial charge in [0, 0.05) is 13.5 Å². The quantitative estimate of drug-likeness (QED) is 0.877. The van der Waals surface area contributed by atoms with Crippen molar-refractivity contribution in [1.29, 1.82) is 0 Å². The lowest BCUT2D eigenvalue weighted by atomic mass is 9.88. The minimum atomic E-state index is -3.10. The summed E-state index contributed by atoms with van der Waals surface area (Å²) in [4.78, 5) is 11.5. The van der Waals surface area contributed by atoms with Crippen LogP contribution in [0.25, 0.3) is 0 Å². The highest BCUT2D eigenvalue weighted by Gasteiger charge is 2.38. The number of carboxylic acids is 1. The second kappa shape index (κ2) is 5.96. The fraction of sp³-hybridized carbons (Fsp3) is 0.692. The van der Waals surface area contributed by atoms with Crippen LogP contribution in [-0.2, 0) is 34.5 Å². The molecule has 1 saturated heterocycles. The molecular formula is C13H19ClN2O4S. The number of carboxylic acid groups (broad SMARTS) is 1. The van der Waals surface area contributed by atoms with Crippen molar-refractivity contribution in [2.24, 2.45) is 18.9 Å². The van der Waals surface area contributed by atoms with Gasteiger partial charge in [-0.1, -0.05) is 18.5 Å². The molecule has 8 heteroatoms. The summed E-state index contributed by atoms with van der Waals surface area (Å²) < 4.78 is 24.7. The maximum absolute atomic E-state index is 11.6. The summed E-state index contributed by atoms with van der Waals surface area (Å²) in [5.74, 6) is -2.07. The number of sulfone groups is 1. The van der Waals surface area contributed by atoms with Gasteiger partial charge in [-0.3, -0.25) is 9.48 Å². The molecule has 2 rings (SSSR count). The molecule has 1 aromatic heterocycles. The summed E-state index contributed by atoms with van der Waals surface area (Å²) in [5.41, 5.74) is 1.39. The molecular weight excluding hydrogens is 316 g/mol. The summed E-state index contributed by atoms with van der Waals surface area (Å²) in [6.45, 7) is 1.93. The smallest absolute Gasteiger partial charge is 0.307 e. The van der Waals surface area contributed by atoms with Crippen LogP contribution >= 0.6 is 11.6 Å². The molecule has 1 aromatic rings. The van der Waals surface area contributed by atoms with Gasteiger partial charge >= 0.3 is 5.97 Å². The summed E-state index contributed by atoms with van der Waals surface area (Å²) in [6, 6.07) is 0. The van der Waals surface area contributed by atoms with Crippen LogP contribution in [0.4, 0.5) is 0 Å². The molecule has 2 atom stereocenters. The monoisotopic (exact) mass is 334 g/mol. The largest absolute Gasteiger partial charge is 0.481 e. The summed E-state index contributed by atoms with van der Waals surface area (Å²) in [5, 5.41) is 14.2. The Kier molecular flexibility index (Phi) is 4.63. The van der Waals surface area contributed by atoms with Gasteiger partial charge in [-0.25, -0.2) is 8.42 Å². The van der Waals surface area contributed by atoms with Crippen LogP contribution in [0.1, 0.15) is 24.7 Å². The average Bonchev–Trinajstić information content (AvgIpc) is 2.87. The van der Waals surface area contributed by atoms with Crippen molar-refractivity contribution in [3.63, 3.8) is 0 Å². The van der Waals surface area contributed by atoms with Gasteiger partial charge in [0.1, 0.15) is 0 Å². The zero-order valence-corrected chi connectivity index (χ0v) is 13.6. The van der Waals surface area contributed by atoms with Gasteiger partial charge in [0.15, 0.2) is 9.84 Å². The van der Waals surface area contributed by atoms with E-state index in [9.17, 15) is 18.3 Å². The van der Waals surface area contributed by atoms with Crippen LogP contribution in [0.3, 0.4) is 0 Å². The number of aryl methyl sites for hydroxylation is 2. The number of nitrogens with zero attached hydrogens (tertiary/aromatic N) is 2. The third-order valence-electron chi connectivity index (χ3n) is 4.07. The molecule has 0 spiro atoms. The van der Waals surface area contributed by atoms with E-state index in [-0.39, 0.29) is 23.8 Å². The van der Waals surface area contributed by atoms with Gasteiger partial charge in [0.05, 0.1) is 33.8 Å². The van der Waals surface area contributed by atoms with E-state index in [1.165, 1.54) is 0 Å². The topological polar surface area (TPSA) is 89.3 Å². The molecule has 21 heavy (non-hydrogen) atoms. The Bertz CT molecular complexity index is 653. The molecule has 2 unspecified atom stereocenters. The fourth-order valence-corrected chi connectivity index (χ4v) is 5.10. The highest BCUT2D eigenvalue weighted by Crippen LogP contribution is 2.31. The molecule has 0 saturated carbocycles. The second-order valence-corrected chi connectivity index (χ2v) is 8.10. The van der Waals surface area contributed by atoms with Gasteiger partial charge in [-0.2, -0.15) is 5.10 Å². The third-order valence-corrected chi connectivity index (χ3v) is 6.30. The van der Waals surface area contributed by atoms with Crippen molar-refractivity contribution in [2.45, 2.75) is 26.2 Å². The van der Waals surface area contributed by atoms with E-state index in [2.05, 4.69) is 5.10 Å². The molecule has 6 nitrogen and oxygen atoms in total. The van der Waals surface area contributed by atoms with Crippen LogP contribution in [0, 0.1) is 11.8 Å². The summed E-state index contributed by atoms with van der Waals surface area (Å²) in [7, 11) is -1.38. The first-order chi connectivity index (χ1) is 9.75. The lowest BCUT2D eigenvalue weighted by molar-refractivity contribution is -0.143. The first kappa shape index (κ1) is 16.3. The number of aromatic nitrogens is 2. The van der Waals surface area contributed by atoms with E-state index in [4.69, 9.17) is 11.6 Å². The minimum Gasteiger partial charge on any atom is -0.481 e. The van der Waals surface area contributed by atoms with E-state index >= 15 is 0 Å². The van der Waals surface area contributed by atoms with Gasteiger partial charge < -0.3 is 5.11 Å². The highest BCUT2D eigenvalue weighted by atomic mass is 35.5. The van der Waals surface area contributed by atoms with Crippen molar-refractivity contribution in [3.05, 3.63) is 16.4 Å². The average molecular weight is 335 g/mol. The molecule has 118 valence electrons. The van der Waals surface area contributed by atoms with Gasteiger partial charge in [0.25, 0.3) is 0 Å². The highest BCUT2D eigenvalue weighted by molar-refractivity contribution is 7.91. The van der Waals surface area contributed by atoms with E-state index in [0.29, 0.717) is 23.6 Å². The van der Waals surface area contributed by atoms with Gasteiger partial charge in [-0.05, 0) is 18.8 Å². The summed E-state index contributed by atoms with van der Waals surface area (Å²) >= 11 is 6.25. The predicted octanol–water partition coefficient (Wildman–Crippen LogP) is 1.31. The third kappa shape index (κ3) is 3.40. The lowest BCUT2D eigenvalue weighted by Crippen LogP contribution is -2.27. The van der Waals surface area contributed by atoms with E-state index in [1.54, 1.807) is 11.7 Å². The Morgan fingerprint density at radius 1 is 1.57 bits per heavy atom. The van der Waals surface area contributed by atoms with Crippen LogP contribution in [0.2, 0.25) is 5.02 Å². The molecule has 0 amide bonds. The zero-order valence-electron chi connectivity index (χ0n) is 12.0. The van der Waals surface area contributed by atoms with Crippen molar-refractivity contribution >= 4 is 27.4 Å².